The molecule has 1 aromatic heterocycles. The zero-order valence-corrected chi connectivity index (χ0v) is 11.8. The number of aliphatic hydroxyl groups excluding tert-OH is 1. The number of hydrogen-bond acceptors (Lipinski definition) is 4. The minimum Gasteiger partial charge on any atom is -0.396 e. The molecule has 0 fully saturated rings. The number of aromatic nitrogens is 1. The van der Waals surface area contributed by atoms with Crippen molar-refractivity contribution in [3.05, 3.63) is 29.6 Å². The normalized spacial score (nSPS) is 9.75. The van der Waals surface area contributed by atoms with Gasteiger partial charge in [-0.1, -0.05) is 11.8 Å². The van der Waals surface area contributed by atoms with Crippen LogP contribution in [-0.2, 0) is 0 Å². The molecule has 0 atom stereocenters. The largest absolute Gasteiger partial charge is 0.396 e. The van der Waals surface area contributed by atoms with Gasteiger partial charge in [0.1, 0.15) is 0 Å². The van der Waals surface area contributed by atoms with Crippen molar-refractivity contribution in [1.82, 2.24) is 9.88 Å². The second kappa shape index (κ2) is 9.08. The Kier molecular flexibility index (Phi) is 7.33. The van der Waals surface area contributed by atoms with E-state index in [0.717, 1.165) is 19.3 Å². The molecule has 0 bridgehead atoms. The summed E-state index contributed by atoms with van der Waals surface area (Å²) in [5.41, 5.74) is 6.53. The number of hydrogen-bond donors (Lipinski definition) is 2. The van der Waals surface area contributed by atoms with Crippen LogP contribution in [0.1, 0.15) is 35.2 Å². The fourth-order valence-electron chi connectivity index (χ4n) is 1.74. The van der Waals surface area contributed by atoms with Crippen molar-refractivity contribution in [3.8, 4) is 11.8 Å². The van der Waals surface area contributed by atoms with Crippen molar-refractivity contribution in [1.29, 1.82) is 0 Å². The van der Waals surface area contributed by atoms with Crippen LogP contribution in [0.2, 0.25) is 0 Å². The molecule has 0 unspecified atom stereocenters. The number of carbonyl (C=O) groups excluding carboxylic acids is 1. The van der Waals surface area contributed by atoms with Crippen LogP contribution in [0.3, 0.4) is 0 Å². The molecule has 5 heteroatoms. The van der Waals surface area contributed by atoms with E-state index in [4.69, 9.17) is 10.8 Å². The van der Waals surface area contributed by atoms with Gasteiger partial charge in [0.15, 0.2) is 0 Å². The van der Waals surface area contributed by atoms with E-state index >= 15 is 0 Å². The van der Waals surface area contributed by atoms with E-state index in [9.17, 15) is 4.79 Å². The lowest BCUT2D eigenvalue weighted by atomic mass is 10.1. The van der Waals surface area contributed by atoms with Gasteiger partial charge in [0.2, 0.25) is 0 Å². The van der Waals surface area contributed by atoms with Crippen LogP contribution in [0.5, 0.6) is 0 Å². The van der Waals surface area contributed by atoms with Gasteiger partial charge in [0, 0.05) is 38.2 Å². The maximum absolute atomic E-state index is 12.2. The molecule has 1 rings (SSSR count). The average Bonchev–Trinajstić information content (AvgIpc) is 2.48. The summed E-state index contributed by atoms with van der Waals surface area (Å²) in [6.07, 6.45) is 5.71. The van der Waals surface area contributed by atoms with Crippen molar-refractivity contribution in [2.24, 2.45) is 5.73 Å². The smallest absolute Gasteiger partial charge is 0.255 e. The molecule has 0 radical (unpaired) electrons. The highest BCUT2D eigenvalue weighted by Crippen LogP contribution is 2.06. The van der Waals surface area contributed by atoms with Gasteiger partial charge in [-0.3, -0.25) is 9.78 Å². The van der Waals surface area contributed by atoms with Crippen molar-refractivity contribution < 1.29 is 9.90 Å². The topological polar surface area (TPSA) is 79.5 Å². The quantitative estimate of drug-likeness (QED) is 0.589. The molecular formula is C15H21N3O2. The van der Waals surface area contributed by atoms with E-state index in [-0.39, 0.29) is 19.1 Å². The lowest BCUT2D eigenvalue weighted by molar-refractivity contribution is 0.0791. The highest BCUT2D eigenvalue weighted by atomic mass is 16.2. The third-order valence-electron chi connectivity index (χ3n) is 2.82. The minimum atomic E-state index is -0.0714. The Morgan fingerprint density at radius 3 is 2.90 bits per heavy atom. The first kappa shape index (κ1) is 16.2. The first-order chi connectivity index (χ1) is 9.69. The first-order valence-corrected chi connectivity index (χ1v) is 6.69. The van der Waals surface area contributed by atoms with E-state index in [0.29, 0.717) is 17.7 Å². The van der Waals surface area contributed by atoms with E-state index in [2.05, 4.69) is 16.8 Å². The molecule has 0 aliphatic heterocycles. The number of rotatable bonds is 6. The summed E-state index contributed by atoms with van der Waals surface area (Å²) in [4.78, 5) is 17.9. The maximum atomic E-state index is 12.2. The standard InChI is InChI=1S/C15H21N3O2/c1-18(8-3-2-4-9-19)15(20)14-10-13(6-5-7-16)11-17-12-14/h10-12,19H,2-4,7-9,16H2,1H3. The average molecular weight is 275 g/mol. The number of aliphatic hydroxyl groups is 1. The van der Waals surface area contributed by atoms with E-state index in [1.165, 1.54) is 0 Å². The molecule has 0 aromatic carbocycles. The van der Waals surface area contributed by atoms with Crippen molar-refractivity contribution in [3.63, 3.8) is 0 Å². The van der Waals surface area contributed by atoms with Crippen LogP contribution in [0, 0.1) is 11.8 Å². The summed E-state index contributed by atoms with van der Waals surface area (Å²) in [5.74, 6) is 5.53. The van der Waals surface area contributed by atoms with Crippen LogP contribution in [0.15, 0.2) is 18.5 Å². The Labute approximate surface area is 119 Å². The maximum Gasteiger partial charge on any atom is 0.255 e. The summed E-state index contributed by atoms with van der Waals surface area (Å²) in [6, 6.07) is 1.72. The lowest BCUT2D eigenvalue weighted by Gasteiger charge is -2.16. The van der Waals surface area contributed by atoms with Gasteiger partial charge in [-0.25, -0.2) is 0 Å². The Morgan fingerprint density at radius 1 is 1.40 bits per heavy atom. The number of nitrogens with zero attached hydrogens (tertiary/aromatic N) is 2. The summed E-state index contributed by atoms with van der Waals surface area (Å²) >= 11 is 0. The third-order valence-corrected chi connectivity index (χ3v) is 2.82. The van der Waals surface area contributed by atoms with Crippen LogP contribution in [-0.4, -0.2) is 47.6 Å². The second-order valence-corrected chi connectivity index (χ2v) is 4.48. The molecule has 20 heavy (non-hydrogen) atoms. The molecule has 0 spiro atoms. The predicted octanol–water partition coefficient (Wildman–Crippen LogP) is 0.626. The van der Waals surface area contributed by atoms with Gasteiger partial charge < -0.3 is 15.7 Å². The number of pyridine rings is 1. The molecule has 108 valence electrons. The highest BCUT2D eigenvalue weighted by molar-refractivity contribution is 5.94. The van der Waals surface area contributed by atoms with Crippen molar-refractivity contribution >= 4 is 5.91 Å². The van der Waals surface area contributed by atoms with Crippen LogP contribution >= 0.6 is 0 Å². The molecule has 3 N–H and O–H groups in total. The van der Waals surface area contributed by atoms with E-state index < -0.39 is 0 Å². The van der Waals surface area contributed by atoms with Gasteiger partial charge in [0.25, 0.3) is 5.91 Å². The van der Waals surface area contributed by atoms with Gasteiger partial charge in [-0.15, -0.1) is 0 Å². The van der Waals surface area contributed by atoms with E-state index in [1.54, 1.807) is 30.4 Å². The highest BCUT2D eigenvalue weighted by Gasteiger charge is 2.11. The fourth-order valence-corrected chi connectivity index (χ4v) is 1.74. The lowest BCUT2D eigenvalue weighted by Crippen LogP contribution is -2.27. The Morgan fingerprint density at radius 2 is 2.20 bits per heavy atom. The van der Waals surface area contributed by atoms with Gasteiger partial charge >= 0.3 is 0 Å². The molecule has 0 aliphatic rings. The number of amides is 1. The number of carbonyl (C=O) groups is 1. The molecule has 1 amide bonds. The van der Waals surface area contributed by atoms with Crippen molar-refractivity contribution in [2.75, 3.05) is 26.7 Å². The Balaban J connectivity index is 2.62. The molecule has 0 saturated heterocycles. The predicted molar refractivity (Wildman–Crippen MR) is 78.1 cm³/mol. The van der Waals surface area contributed by atoms with Crippen molar-refractivity contribution in [2.45, 2.75) is 19.3 Å². The van der Waals surface area contributed by atoms with Crippen LogP contribution in [0.4, 0.5) is 0 Å². The first-order valence-electron chi connectivity index (χ1n) is 6.69. The van der Waals surface area contributed by atoms with Crippen LogP contribution < -0.4 is 5.73 Å². The molecule has 5 nitrogen and oxygen atoms in total. The summed E-state index contributed by atoms with van der Waals surface area (Å²) < 4.78 is 0. The van der Waals surface area contributed by atoms with Crippen LogP contribution in [0.25, 0.3) is 0 Å². The van der Waals surface area contributed by atoms with Gasteiger partial charge in [-0.05, 0) is 25.3 Å². The fraction of sp³-hybridized carbons (Fsp3) is 0.467. The molecule has 1 aromatic rings. The molecule has 0 saturated carbocycles. The molecular weight excluding hydrogens is 254 g/mol. The SMILES string of the molecule is CN(CCCCCO)C(=O)c1cncc(C#CCN)c1. The molecule has 0 aliphatic carbocycles. The number of unbranched alkanes of at least 4 members (excludes halogenated alkanes) is 2. The third kappa shape index (κ3) is 5.39. The molecule has 1 heterocycles. The zero-order chi connectivity index (χ0) is 14.8. The Hall–Kier alpha value is -1.90. The van der Waals surface area contributed by atoms with Gasteiger partial charge in [-0.2, -0.15) is 0 Å². The Bertz CT molecular complexity index is 491. The van der Waals surface area contributed by atoms with Gasteiger partial charge in [0.05, 0.1) is 12.1 Å². The summed E-state index contributed by atoms with van der Waals surface area (Å²) in [5, 5.41) is 8.71. The van der Waals surface area contributed by atoms with E-state index in [1.807, 2.05) is 0 Å². The monoisotopic (exact) mass is 275 g/mol. The summed E-state index contributed by atoms with van der Waals surface area (Å²) in [7, 11) is 1.76. The summed E-state index contributed by atoms with van der Waals surface area (Å²) in [6.45, 7) is 1.14. The zero-order valence-electron chi connectivity index (χ0n) is 11.8. The second-order valence-electron chi connectivity index (χ2n) is 4.48. The minimum absolute atomic E-state index is 0.0714. The number of nitrogens with two attached hydrogens (primary N) is 1.